The van der Waals surface area contributed by atoms with Crippen molar-refractivity contribution in [2.75, 3.05) is 31.1 Å². The monoisotopic (exact) mass is 416 g/mol. The van der Waals surface area contributed by atoms with Crippen molar-refractivity contribution in [2.45, 2.75) is 19.1 Å². The van der Waals surface area contributed by atoms with Crippen LogP contribution in [0.5, 0.6) is 11.5 Å². The zero-order valence-electron chi connectivity index (χ0n) is 17.3. The normalized spacial score (nSPS) is 20.4. The van der Waals surface area contributed by atoms with Crippen LogP contribution in [0.2, 0.25) is 0 Å². The second-order valence-corrected chi connectivity index (χ2v) is 7.75. The summed E-state index contributed by atoms with van der Waals surface area (Å²) in [6.07, 6.45) is 0.627. The summed E-state index contributed by atoms with van der Waals surface area (Å²) in [7, 11) is 0. The van der Waals surface area contributed by atoms with Gasteiger partial charge >= 0.3 is 0 Å². The van der Waals surface area contributed by atoms with Crippen LogP contribution >= 0.6 is 0 Å². The fourth-order valence-corrected chi connectivity index (χ4v) is 4.01. The minimum absolute atomic E-state index is 0.0330. The molecule has 3 aromatic rings. The van der Waals surface area contributed by atoms with Gasteiger partial charge in [0.2, 0.25) is 6.10 Å². The SMILES string of the molecule is CC1Oc2ccccc2OC1C(=O)N1CCN(c2cc(-c3ccccc3)ncn2)CC1. The van der Waals surface area contributed by atoms with E-state index in [-0.39, 0.29) is 12.0 Å². The Morgan fingerprint density at radius 3 is 2.32 bits per heavy atom. The Kier molecular flexibility index (Phi) is 5.16. The number of fused-ring (bicyclic) bond motifs is 1. The third-order valence-corrected chi connectivity index (χ3v) is 5.72. The van der Waals surface area contributed by atoms with Crippen molar-refractivity contribution < 1.29 is 14.3 Å². The third kappa shape index (κ3) is 3.91. The molecule has 1 amide bonds. The summed E-state index contributed by atoms with van der Waals surface area (Å²) in [5.74, 6) is 2.14. The molecule has 2 aliphatic heterocycles. The quantitative estimate of drug-likeness (QED) is 0.654. The van der Waals surface area contributed by atoms with Crippen LogP contribution in [0.1, 0.15) is 6.92 Å². The smallest absolute Gasteiger partial charge is 0.267 e. The molecule has 5 rings (SSSR count). The molecule has 158 valence electrons. The Balaban J connectivity index is 1.24. The molecule has 7 nitrogen and oxygen atoms in total. The third-order valence-electron chi connectivity index (χ3n) is 5.72. The van der Waals surface area contributed by atoms with Crippen molar-refractivity contribution in [3.8, 4) is 22.8 Å². The van der Waals surface area contributed by atoms with Crippen molar-refractivity contribution >= 4 is 11.7 Å². The number of carbonyl (C=O) groups is 1. The summed E-state index contributed by atoms with van der Waals surface area (Å²) in [5.41, 5.74) is 1.95. The summed E-state index contributed by atoms with van der Waals surface area (Å²) in [6.45, 7) is 4.50. The van der Waals surface area contributed by atoms with Gasteiger partial charge in [0, 0.05) is 37.8 Å². The summed E-state index contributed by atoms with van der Waals surface area (Å²) in [5, 5.41) is 0. The van der Waals surface area contributed by atoms with E-state index in [9.17, 15) is 4.79 Å². The van der Waals surface area contributed by atoms with Gasteiger partial charge in [0.15, 0.2) is 11.5 Å². The fourth-order valence-electron chi connectivity index (χ4n) is 4.01. The predicted molar refractivity (Wildman–Crippen MR) is 117 cm³/mol. The number of rotatable bonds is 3. The van der Waals surface area contributed by atoms with Crippen molar-refractivity contribution in [2.24, 2.45) is 0 Å². The molecule has 2 unspecified atom stereocenters. The van der Waals surface area contributed by atoms with E-state index < -0.39 is 6.10 Å². The Hall–Kier alpha value is -3.61. The van der Waals surface area contributed by atoms with Gasteiger partial charge in [0.05, 0.1) is 5.69 Å². The van der Waals surface area contributed by atoms with Crippen LogP contribution in [0.25, 0.3) is 11.3 Å². The first-order valence-corrected chi connectivity index (χ1v) is 10.5. The van der Waals surface area contributed by atoms with Gasteiger partial charge in [-0.2, -0.15) is 0 Å². The molecule has 0 radical (unpaired) electrons. The highest BCUT2D eigenvalue weighted by molar-refractivity contribution is 5.82. The Morgan fingerprint density at radius 1 is 0.903 bits per heavy atom. The summed E-state index contributed by atoms with van der Waals surface area (Å²) >= 11 is 0. The van der Waals surface area contributed by atoms with Gasteiger partial charge in [-0.1, -0.05) is 42.5 Å². The summed E-state index contributed by atoms with van der Waals surface area (Å²) in [6, 6.07) is 19.5. The van der Waals surface area contributed by atoms with E-state index in [1.165, 1.54) is 0 Å². The lowest BCUT2D eigenvalue weighted by molar-refractivity contribution is -0.144. The van der Waals surface area contributed by atoms with Crippen LogP contribution in [-0.4, -0.2) is 59.2 Å². The lowest BCUT2D eigenvalue weighted by Crippen LogP contribution is -2.56. The van der Waals surface area contributed by atoms with Gasteiger partial charge in [-0.05, 0) is 19.1 Å². The Bertz CT molecular complexity index is 1070. The maximum Gasteiger partial charge on any atom is 0.267 e. The zero-order valence-corrected chi connectivity index (χ0v) is 17.3. The molecule has 2 aromatic carbocycles. The summed E-state index contributed by atoms with van der Waals surface area (Å²) in [4.78, 5) is 26.0. The molecule has 1 fully saturated rings. The molecule has 0 N–H and O–H groups in total. The van der Waals surface area contributed by atoms with Crippen LogP contribution in [0.3, 0.4) is 0 Å². The first-order valence-electron chi connectivity index (χ1n) is 10.5. The van der Waals surface area contributed by atoms with Gasteiger partial charge in [-0.25, -0.2) is 9.97 Å². The number of benzene rings is 2. The molecular weight excluding hydrogens is 392 g/mol. The largest absolute Gasteiger partial charge is 0.482 e. The van der Waals surface area contributed by atoms with E-state index in [4.69, 9.17) is 9.47 Å². The zero-order chi connectivity index (χ0) is 21.2. The molecular formula is C24H24N4O3. The van der Waals surface area contributed by atoms with Gasteiger partial charge in [0.1, 0.15) is 18.2 Å². The number of amides is 1. The van der Waals surface area contributed by atoms with Gasteiger partial charge < -0.3 is 19.3 Å². The van der Waals surface area contributed by atoms with Crippen LogP contribution < -0.4 is 14.4 Å². The number of aromatic nitrogens is 2. The van der Waals surface area contributed by atoms with Crippen molar-refractivity contribution in [1.29, 1.82) is 0 Å². The molecule has 7 heteroatoms. The Morgan fingerprint density at radius 2 is 1.58 bits per heavy atom. The van der Waals surface area contributed by atoms with Crippen molar-refractivity contribution in [1.82, 2.24) is 14.9 Å². The number of hydrogen-bond acceptors (Lipinski definition) is 6. The van der Waals surface area contributed by atoms with E-state index in [1.54, 1.807) is 6.33 Å². The minimum atomic E-state index is -0.634. The van der Waals surface area contributed by atoms with Crippen LogP contribution in [0, 0.1) is 0 Å². The maximum absolute atomic E-state index is 13.1. The standard InChI is InChI=1S/C24H24N4O3/c1-17-23(31-21-10-6-5-9-20(21)30-17)24(29)28-13-11-27(12-14-28)22-15-19(25-16-26-22)18-7-3-2-4-8-18/h2-10,15-17,23H,11-14H2,1H3. The second-order valence-electron chi connectivity index (χ2n) is 7.75. The van der Waals surface area contributed by atoms with Gasteiger partial charge in [-0.15, -0.1) is 0 Å². The number of ether oxygens (including phenoxy) is 2. The van der Waals surface area contributed by atoms with Gasteiger partial charge in [0.25, 0.3) is 5.91 Å². The molecule has 1 aromatic heterocycles. The molecule has 0 bridgehead atoms. The number of anilines is 1. The maximum atomic E-state index is 13.1. The van der Waals surface area contributed by atoms with Crippen molar-refractivity contribution in [3.05, 3.63) is 67.0 Å². The average molecular weight is 416 g/mol. The number of carbonyl (C=O) groups excluding carboxylic acids is 1. The highest BCUT2D eigenvalue weighted by atomic mass is 16.6. The van der Waals surface area contributed by atoms with Crippen LogP contribution in [0.4, 0.5) is 5.82 Å². The molecule has 0 saturated carbocycles. The first-order chi connectivity index (χ1) is 15.2. The van der Waals surface area contributed by atoms with E-state index >= 15 is 0 Å². The summed E-state index contributed by atoms with van der Waals surface area (Å²) < 4.78 is 11.9. The average Bonchev–Trinajstić information content (AvgIpc) is 2.84. The minimum Gasteiger partial charge on any atom is -0.482 e. The topological polar surface area (TPSA) is 67.8 Å². The number of nitrogens with zero attached hydrogens (tertiary/aromatic N) is 4. The molecule has 31 heavy (non-hydrogen) atoms. The number of piperazine rings is 1. The van der Waals surface area contributed by atoms with E-state index in [1.807, 2.05) is 72.5 Å². The molecule has 1 saturated heterocycles. The molecule has 2 aliphatic rings. The van der Waals surface area contributed by atoms with E-state index in [0.29, 0.717) is 37.7 Å². The molecule has 3 heterocycles. The highest BCUT2D eigenvalue weighted by Gasteiger charge is 2.37. The second kappa shape index (κ2) is 8.26. The van der Waals surface area contributed by atoms with Gasteiger partial charge in [-0.3, -0.25) is 4.79 Å². The lowest BCUT2D eigenvalue weighted by Gasteiger charge is -2.39. The van der Waals surface area contributed by atoms with Crippen LogP contribution in [-0.2, 0) is 4.79 Å². The van der Waals surface area contributed by atoms with E-state index in [2.05, 4.69) is 14.9 Å². The van der Waals surface area contributed by atoms with Crippen LogP contribution in [0.15, 0.2) is 67.0 Å². The Labute approximate surface area is 181 Å². The number of hydrogen-bond donors (Lipinski definition) is 0. The molecule has 0 aliphatic carbocycles. The number of para-hydroxylation sites is 2. The van der Waals surface area contributed by atoms with E-state index in [0.717, 1.165) is 17.1 Å². The lowest BCUT2D eigenvalue weighted by atomic mass is 10.1. The fraction of sp³-hybridized carbons (Fsp3) is 0.292. The molecule has 0 spiro atoms. The highest BCUT2D eigenvalue weighted by Crippen LogP contribution is 2.34. The molecule has 2 atom stereocenters. The predicted octanol–water partition coefficient (Wildman–Crippen LogP) is 3.02. The first kappa shape index (κ1) is 19.4. The van der Waals surface area contributed by atoms with Crippen molar-refractivity contribution in [3.63, 3.8) is 0 Å².